The van der Waals surface area contributed by atoms with Crippen LogP contribution in [0.5, 0.6) is 0 Å². The smallest absolute Gasteiger partial charge is 0.223 e. The summed E-state index contributed by atoms with van der Waals surface area (Å²) < 4.78 is 0. The third-order valence-corrected chi connectivity index (χ3v) is 1.82. The van der Waals surface area contributed by atoms with E-state index in [1.54, 1.807) is 4.90 Å². The molecule has 0 aliphatic carbocycles. The number of rotatable bonds is 2. The number of likely N-dealkylation sites (tertiary alicyclic amines) is 1. The molecule has 0 bridgehead atoms. The second-order valence-corrected chi connectivity index (χ2v) is 2.53. The van der Waals surface area contributed by atoms with Crippen molar-refractivity contribution in [3.05, 3.63) is 0 Å². The van der Waals surface area contributed by atoms with Gasteiger partial charge in [0.25, 0.3) is 0 Å². The van der Waals surface area contributed by atoms with Crippen LogP contribution in [0.4, 0.5) is 0 Å². The van der Waals surface area contributed by atoms with Crippen LogP contribution in [0.3, 0.4) is 0 Å². The summed E-state index contributed by atoms with van der Waals surface area (Å²) in [5.41, 5.74) is 0. The Balaban J connectivity index is 2.51. The summed E-state index contributed by atoms with van der Waals surface area (Å²) in [5.74, 6) is 0.0621. The van der Waals surface area contributed by atoms with Gasteiger partial charge in [0.15, 0.2) is 0 Å². The highest BCUT2D eigenvalue weighted by molar-refractivity contribution is 5.82. The molecular formula is C7H11NO2. The standard InChI is InChI=1S/C7H11NO2/c1-2-8-4-6(5-9)3-7(8)10/h5-6H,2-4H2,1H3. The Labute approximate surface area is 60.0 Å². The van der Waals surface area contributed by atoms with Crippen molar-refractivity contribution >= 4 is 12.2 Å². The van der Waals surface area contributed by atoms with E-state index < -0.39 is 0 Å². The molecule has 0 spiro atoms. The summed E-state index contributed by atoms with van der Waals surface area (Å²) in [4.78, 5) is 22.9. The van der Waals surface area contributed by atoms with Crippen LogP contribution in [-0.4, -0.2) is 30.2 Å². The molecule has 1 fully saturated rings. The normalized spacial score (nSPS) is 25.5. The number of hydrogen-bond acceptors (Lipinski definition) is 2. The first-order chi connectivity index (χ1) is 4.77. The van der Waals surface area contributed by atoms with Crippen molar-refractivity contribution in [1.82, 2.24) is 4.90 Å². The Morgan fingerprint density at radius 2 is 2.50 bits per heavy atom. The Kier molecular flexibility index (Phi) is 2.04. The molecule has 1 rings (SSSR count). The van der Waals surface area contributed by atoms with E-state index in [2.05, 4.69) is 0 Å². The molecule has 0 radical (unpaired) electrons. The SMILES string of the molecule is CCN1CC(C=O)CC1=O. The number of carbonyl (C=O) groups excluding carboxylic acids is 2. The van der Waals surface area contributed by atoms with Crippen molar-refractivity contribution < 1.29 is 9.59 Å². The predicted molar refractivity (Wildman–Crippen MR) is 36.4 cm³/mol. The molecule has 1 heterocycles. The molecule has 3 nitrogen and oxygen atoms in total. The molecule has 1 saturated heterocycles. The zero-order valence-electron chi connectivity index (χ0n) is 6.04. The Bertz CT molecular complexity index is 156. The minimum absolute atomic E-state index is 0.0487. The van der Waals surface area contributed by atoms with Gasteiger partial charge in [-0.3, -0.25) is 4.79 Å². The molecule has 1 aliphatic rings. The topological polar surface area (TPSA) is 37.4 Å². The molecular weight excluding hydrogens is 130 g/mol. The van der Waals surface area contributed by atoms with Crippen molar-refractivity contribution in [2.24, 2.45) is 5.92 Å². The second kappa shape index (κ2) is 2.82. The average molecular weight is 141 g/mol. The summed E-state index contributed by atoms with van der Waals surface area (Å²) in [6.45, 7) is 3.27. The number of amides is 1. The fourth-order valence-electron chi connectivity index (χ4n) is 1.20. The zero-order valence-corrected chi connectivity index (χ0v) is 6.04. The molecule has 1 unspecified atom stereocenters. The zero-order chi connectivity index (χ0) is 7.56. The lowest BCUT2D eigenvalue weighted by atomic mass is 10.1. The van der Waals surface area contributed by atoms with E-state index in [4.69, 9.17) is 0 Å². The first-order valence-electron chi connectivity index (χ1n) is 3.51. The van der Waals surface area contributed by atoms with E-state index in [0.717, 1.165) is 12.8 Å². The first kappa shape index (κ1) is 7.25. The molecule has 0 saturated carbocycles. The quantitative estimate of drug-likeness (QED) is 0.510. The molecule has 0 N–H and O–H groups in total. The fourth-order valence-corrected chi connectivity index (χ4v) is 1.20. The van der Waals surface area contributed by atoms with Gasteiger partial charge in [-0.1, -0.05) is 0 Å². The summed E-state index contributed by atoms with van der Waals surface area (Å²) in [6.07, 6.45) is 1.28. The molecule has 3 heteroatoms. The molecule has 10 heavy (non-hydrogen) atoms. The Morgan fingerprint density at radius 3 is 2.80 bits per heavy atom. The maximum atomic E-state index is 10.9. The molecule has 0 aromatic rings. The number of aldehydes is 1. The average Bonchev–Trinajstić information content (AvgIpc) is 2.30. The van der Waals surface area contributed by atoms with E-state index in [1.807, 2.05) is 6.92 Å². The van der Waals surface area contributed by atoms with Crippen LogP contribution in [0.1, 0.15) is 13.3 Å². The van der Waals surface area contributed by atoms with Crippen LogP contribution in [0.15, 0.2) is 0 Å². The molecule has 1 atom stereocenters. The van der Waals surface area contributed by atoms with Crippen LogP contribution in [-0.2, 0) is 9.59 Å². The third kappa shape index (κ3) is 1.17. The molecule has 1 aliphatic heterocycles. The van der Waals surface area contributed by atoms with Gasteiger partial charge in [-0.15, -0.1) is 0 Å². The lowest BCUT2D eigenvalue weighted by Gasteiger charge is -2.10. The lowest BCUT2D eigenvalue weighted by Crippen LogP contribution is -2.24. The van der Waals surface area contributed by atoms with Gasteiger partial charge in [-0.25, -0.2) is 0 Å². The van der Waals surface area contributed by atoms with Crippen LogP contribution in [0.25, 0.3) is 0 Å². The number of nitrogens with zero attached hydrogens (tertiary/aromatic N) is 1. The lowest BCUT2D eigenvalue weighted by molar-refractivity contribution is -0.127. The molecule has 0 aromatic carbocycles. The summed E-state index contributed by atoms with van der Waals surface area (Å²) in [6, 6.07) is 0. The van der Waals surface area contributed by atoms with E-state index in [9.17, 15) is 9.59 Å². The van der Waals surface area contributed by atoms with E-state index >= 15 is 0 Å². The highest BCUT2D eigenvalue weighted by atomic mass is 16.2. The molecule has 0 aromatic heterocycles. The minimum Gasteiger partial charge on any atom is -0.342 e. The van der Waals surface area contributed by atoms with Gasteiger partial charge in [-0.2, -0.15) is 0 Å². The monoisotopic (exact) mass is 141 g/mol. The minimum atomic E-state index is -0.0487. The van der Waals surface area contributed by atoms with Gasteiger partial charge in [0, 0.05) is 25.4 Å². The maximum Gasteiger partial charge on any atom is 0.223 e. The Hall–Kier alpha value is -0.860. The van der Waals surface area contributed by atoms with Gasteiger partial charge in [0.05, 0.1) is 0 Å². The van der Waals surface area contributed by atoms with E-state index in [1.165, 1.54) is 0 Å². The highest BCUT2D eigenvalue weighted by Gasteiger charge is 2.27. The van der Waals surface area contributed by atoms with Gasteiger partial charge in [-0.05, 0) is 6.92 Å². The van der Waals surface area contributed by atoms with E-state index in [0.29, 0.717) is 13.0 Å². The van der Waals surface area contributed by atoms with Crippen LogP contribution in [0.2, 0.25) is 0 Å². The van der Waals surface area contributed by atoms with Crippen molar-refractivity contribution in [2.45, 2.75) is 13.3 Å². The van der Waals surface area contributed by atoms with Crippen molar-refractivity contribution in [3.63, 3.8) is 0 Å². The van der Waals surface area contributed by atoms with Crippen LogP contribution < -0.4 is 0 Å². The van der Waals surface area contributed by atoms with Crippen molar-refractivity contribution in [3.8, 4) is 0 Å². The summed E-state index contributed by atoms with van der Waals surface area (Å²) in [7, 11) is 0. The first-order valence-corrected chi connectivity index (χ1v) is 3.51. The third-order valence-electron chi connectivity index (χ3n) is 1.82. The maximum absolute atomic E-state index is 10.9. The molecule has 1 amide bonds. The predicted octanol–water partition coefficient (Wildman–Crippen LogP) is 0.0537. The van der Waals surface area contributed by atoms with Gasteiger partial charge >= 0.3 is 0 Å². The Morgan fingerprint density at radius 1 is 1.80 bits per heavy atom. The summed E-state index contributed by atoms with van der Waals surface area (Å²) in [5, 5.41) is 0. The van der Waals surface area contributed by atoms with Crippen LogP contribution in [0, 0.1) is 5.92 Å². The van der Waals surface area contributed by atoms with E-state index in [-0.39, 0.29) is 11.8 Å². The van der Waals surface area contributed by atoms with Crippen molar-refractivity contribution in [1.29, 1.82) is 0 Å². The van der Waals surface area contributed by atoms with Gasteiger partial charge in [0.2, 0.25) is 5.91 Å². The highest BCUT2D eigenvalue weighted by Crippen LogP contribution is 2.14. The van der Waals surface area contributed by atoms with Crippen molar-refractivity contribution in [2.75, 3.05) is 13.1 Å². The van der Waals surface area contributed by atoms with Crippen LogP contribution >= 0.6 is 0 Å². The largest absolute Gasteiger partial charge is 0.342 e. The summed E-state index contributed by atoms with van der Waals surface area (Å²) >= 11 is 0. The number of hydrogen-bond donors (Lipinski definition) is 0. The van der Waals surface area contributed by atoms with Gasteiger partial charge < -0.3 is 9.69 Å². The molecule has 56 valence electrons. The number of carbonyl (C=O) groups is 2. The fraction of sp³-hybridized carbons (Fsp3) is 0.714. The second-order valence-electron chi connectivity index (χ2n) is 2.53. The van der Waals surface area contributed by atoms with Gasteiger partial charge in [0.1, 0.15) is 6.29 Å².